The standard InChI is InChI=1S/C11H14ClNS/c1-8-6-11(14-13-8)9-4-2-3-5-10(12)7-9/h6-7,10H,2-5H2,1H3. The average molecular weight is 228 g/mol. The minimum atomic E-state index is 0.218. The zero-order valence-corrected chi connectivity index (χ0v) is 9.87. The fourth-order valence-corrected chi connectivity index (χ4v) is 2.87. The molecule has 1 atom stereocenters. The van der Waals surface area contributed by atoms with Gasteiger partial charge in [0, 0.05) is 0 Å². The molecule has 0 bridgehead atoms. The smallest absolute Gasteiger partial charge is 0.0522 e. The largest absolute Gasteiger partial charge is 0.197 e. The molecular formula is C11H14ClNS. The molecule has 1 aromatic rings. The minimum Gasteiger partial charge on any atom is -0.197 e. The molecule has 1 nitrogen and oxygen atoms in total. The number of aryl methyl sites for hydroxylation is 1. The molecule has 1 heterocycles. The summed E-state index contributed by atoms with van der Waals surface area (Å²) in [6, 6.07) is 2.16. The average Bonchev–Trinajstić information content (AvgIpc) is 2.45. The van der Waals surface area contributed by atoms with Gasteiger partial charge in [0.1, 0.15) is 0 Å². The van der Waals surface area contributed by atoms with Crippen LogP contribution in [0.25, 0.3) is 5.57 Å². The van der Waals surface area contributed by atoms with E-state index in [9.17, 15) is 0 Å². The fourth-order valence-electron chi connectivity index (χ4n) is 1.76. The third-order valence-corrected chi connectivity index (χ3v) is 3.80. The molecule has 0 spiro atoms. The van der Waals surface area contributed by atoms with Crippen LogP contribution in [0.15, 0.2) is 12.1 Å². The predicted octanol–water partition coefficient (Wildman–Crippen LogP) is 4.02. The summed E-state index contributed by atoms with van der Waals surface area (Å²) in [5.74, 6) is 0. The second kappa shape index (κ2) is 4.45. The van der Waals surface area contributed by atoms with Crippen molar-refractivity contribution in [2.45, 2.75) is 38.0 Å². The van der Waals surface area contributed by atoms with E-state index in [4.69, 9.17) is 11.6 Å². The third-order valence-electron chi connectivity index (χ3n) is 2.50. The second-order valence-corrected chi connectivity index (χ2v) is 5.15. The highest BCUT2D eigenvalue weighted by Crippen LogP contribution is 2.30. The van der Waals surface area contributed by atoms with Crippen molar-refractivity contribution in [1.29, 1.82) is 0 Å². The Balaban J connectivity index is 2.23. The van der Waals surface area contributed by atoms with E-state index in [-0.39, 0.29) is 5.38 Å². The van der Waals surface area contributed by atoms with Crippen LogP contribution in [0.5, 0.6) is 0 Å². The number of halogens is 1. The Labute approximate surface area is 94.0 Å². The van der Waals surface area contributed by atoms with Gasteiger partial charge in [0.25, 0.3) is 0 Å². The highest BCUT2D eigenvalue weighted by molar-refractivity contribution is 7.07. The van der Waals surface area contributed by atoms with Gasteiger partial charge in [0.2, 0.25) is 0 Å². The summed E-state index contributed by atoms with van der Waals surface area (Å²) in [5, 5.41) is 0.218. The van der Waals surface area contributed by atoms with Gasteiger partial charge in [-0.1, -0.05) is 12.5 Å². The lowest BCUT2D eigenvalue weighted by molar-refractivity contribution is 0.724. The summed E-state index contributed by atoms with van der Waals surface area (Å²) in [5.41, 5.74) is 2.51. The summed E-state index contributed by atoms with van der Waals surface area (Å²) in [4.78, 5) is 1.30. The van der Waals surface area contributed by atoms with Crippen LogP contribution in [0.1, 0.15) is 36.3 Å². The number of hydrogen-bond acceptors (Lipinski definition) is 2. The third kappa shape index (κ3) is 2.37. The van der Waals surface area contributed by atoms with E-state index in [1.165, 1.54) is 23.3 Å². The van der Waals surface area contributed by atoms with Crippen molar-refractivity contribution in [3.8, 4) is 0 Å². The Bertz CT molecular complexity index is 343. The summed E-state index contributed by atoms with van der Waals surface area (Å²) >= 11 is 7.77. The molecule has 3 heteroatoms. The van der Waals surface area contributed by atoms with E-state index in [0.717, 1.165) is 18.5 Å². The van der Waals surface area contributed by atoms with Crippen LogP contribution >= 0.6 is 23.1 Å². The monoisotopic (exact) mass is 227 g/mol. The van der Waals surface area contributed by atoms with E-state index >= 15 is 0 Å². The van der Waals surface area contributed by atoms with Gasteiger partial charge < -0.3 is 0 Å². The number of aromatic nitrogens is 1. The predicted molar refractivity (Wildman–Crippen MR) is 62.9 cm³/mol. The van der Waals surface area contributed by atoms with Crippen molar-refractivity contribution in [2.24, 2.45) is 0 Å². The number of rotatable bonds is 1. The maximum Gasteiger partial charge on any atom is 0.0522 e. The maximum absolute atomic E-state index is 6.18. The molecule has 0 radical (unpaired) electrons. The lowest BCUT2D eigenvalue weighted by Gasteiger charge is -2.01. The van der Waals surface area contributed by atoms with Gasteiger partial charge in [0.15, 0.2) is 0 Å². The van der Waals surface area contributed by atoms with E-state index in [0.29, 0.717) is 0 Å². The number of allylic oxidation sites excluding steroid dienone is 2. The van der Waals surface area contributed by atoms with Crippen LogP contribution in [0.3, 0.4) is 0 Å². The van der Waals surface area contributed by atoms with E-state index < -0.39 is 0 Å². The zero-order chi connectivity index (χ0) is 9.97. The molecule has 1 aliphatic carbocycles. The number of alkyl halides is 1. The van der Waals surface area contributed by atoms with Crippen LogP contribution in [0.4, 0.5) is 0 Å². The minimum absolute atomic E-state index is 0.218. The van der Waals surface area contributed by atoms with Crippen molar-refractivity contribution in [3.63, 3.8) is 0 Å². The summed E-state index contributed by atoms with van der Waals surface area (Å²) in [6.45, 7) is 2.04. The van der Waals surface area contributed by atoms with Crippen LogP contribution in [0.2, 0.25) is 0 Å². The van der Waals surface area contributed by atoms with Crippen LogP contribution in [-0.4, -0.2) is 9.75 Å². The van der Waals surface area contributed by atoms with Crippen LogP contribution in [0, 0.1) is 6.92 Å². The van der Waals surface area contributed by atoms with Crippen LogP contribution < -0.4 is 0 Å². The van der Waals surface area contributed by atoms with Crippen LogP contribution in [-0.2, 0) is 0 Å². The van der Waals surface area contributed by atoms with Gasteiger partial charge in [-0.3, -0.25) is 0 Å². The van der Waals surface area contributed by atoms with Gasteiger partial charge in [-0.2, -0.15) is 4.37 Å². The Hall–Kier alpha value is -0.340. The first-order valence-electron chi connectivity index (χ1n) is 5.04. The van der Waals surface area contributed by atoms with Gasteiger partial charge in [-0.25, -0.2) is 0 Å². The molecule has 0 aromatic carbocycles. The van der Waals surface area contributed by atoms with Gasteiger partial charge >= 0.3 is 0 Å². The molecular weight excluding hydrogens is 214 g/mol. The molecule has 0 aliphatic heterocycles. The van der Waals surface area contributed by atoms with Crippen molar-refractivity contribution in [3.05, 3.63) is 22.7 Å². The molecule has 76 valence electrons. The topological polar surface area (TPSA) is 12.9 Å². The molecule has 1 aromatic heterocycles. The van der Waals surface area contributed by atoms with E-state index in [1.807, 2.05) is 6.92 Å². The molecule has 0 amide bonds. The lowest BCUT2D eigenvalue weighted by atomic mass is 10.1. The molecule has 0 saturated heterocycles. The Kier molecular flexibility index (Phi) is 3.24. The van der Waals surface area contributed by atoms with Crippen molar-refractivity contribution in [1.82, 2.24) is 4.37 Å². The van der Waals surface area contributed by atoms with Gasteiger partial charge in [-0.05, 0) is 49.4 Å². The Morgan fingerprint density at radius 3 is 3.07 bits per heavy atom. The fraction of sp³-hybridized carbons (Fsp3) is 0.545. The second-order valence-electron chi connectivity index (χ2n) is 3.79. The number of nitrogens with zero attached hydrogens (tertiary/aromatic N) is 1. The highest BCUT2D eigenvalue weighted by Gasteiger charge is 2.12. The molecule has 0 N–H and O–H groups in total. The van der Waals surface area contributed by atoms with Crippen molar-refractivity contribution >= 4 is 28.7 Å². The summed E-state index contributed by atoms with van der Waals surface area (Å²) in [7, 11) is 0. The van der Waals surface area contributed by atoms with Gasteiger partial charge in [0.05, 0.1) is 15.9 Å². The molecule has 1 aliphatic rings. The summed E-state index contributed by atoms with van der Waals surface area (Å²) < 4.78 is 4.31. The van der Waals surface area contributed by atoms with Gasteiger partial charge in [-0.15, -0.1) is 11.6 Å². The molecule has 14 heavy (non-hydrogen) atoms. The molecule has 0 fully saturated rings. The normalized spacial score (nSPS) is 23.0. The Morgan fingerprint density at radius 1 is 1.50 bits per heavy atom. The zero-order valence-electron chi connectivity index (χ0n) is 8.29. The number of hydrogen-bond donors (Lipinski definition) is 0. The van der Waals surface area contributed by atoms with E-state index in [1.54, 1.807) is 11.5 Å². The molecule has 0 saturated carbocycles. The lowest BCUT2D eigenvalue weighted by Crippen LogP contribution is -1.90. The van der Waals surface area contributed by atoms with E-state index in [2.05, 4.69) is 16.5 Å². The summed E-state index contributed by atoms with van der Waals surface area (Å²) in [6.07, 6.45) is 6.98. The SMILES string of the molecule is Cc1cc(C2=CC(Cl)CCCC2)sn1. The van der Waals surface area contributed by atoms with Crippen molar-refractivity contribution in [2.75, 3.05) is 0 Å². The quantitative estimate of drug-likeness (QED) is 0.661. The molecule has 2 rings (SSSR count). The first-order valence-corrected chi connectivity index (χ1v) is 6.25. The van der Waals surface area contributed by atoms with Crippen molar-refractivity contribution < 1.29 is 0 Å². The maximum atomic E-state index is 6.18. The molecule has 1 unspecified atom stereocenters. The first-order chi connectivity index (χ1) is 6.75. The highest BCUT2D eigenvalue weighted by atomic mass is 35.5. The Morgan fingerprint density at radius 2 is 2.36 bits per heavy atom. The first kappa shape index (κ1) is 10.2.